The van der Waals surface area contributed by atoms with E-state index in [0.29, 0.717) is 5.91 Å². The molecule has 1 fully saturated rings. The second kappa shape index (κ2) is 5.96. The molecule has 2 atom stereocenters. The molecule has 1 aromatic carbocycles. The van der Waals surface area contributed by atoms with E-state index in [0.717, 1.165) is 44.8 Å². The molecule has 0 radical (unpaired) electrons. The molecule has 1 N–H and O–H groups in total. The quantitative estimate of drug-likeness (QED) is 0.851. The Morgan fingerprint density at radius 3 is 2.85 bits per heavy atom. The Morgan fingerprint density at radius 1 is 1.20 bits per heavy atom. The van der Waals surface area contributed by atoms with E-state index in [9.17, 15) is 4.79 Å². The number of nitrogens with zero attached hydrogens (tertiary/aromatic N) is 1. The zero-order chi connectivity index (χ0) is 13.9. The van der Waals surface area contributed by atoms with Gasteiger partial charge in [-0.05, 0) is 42.7 Å². The van der Waals surface area contributed by atoms with E-state index in [1.165, 1.54) is 17.5 Å². The number of fused-ring (bicyclic) bond motifs is 1. The van der Waals surface area contributed by atoms with Crippen LogP contribution in [0.3, 0.4) is 0 Å². The van der Waals surface area contributed by atoms with Crippen LogP contribution in [0.1, 0.15) is 37.3 Å². The van der Waals surface area contributed by atoms with Crippen molar-refractivity contribution in [1.82, 2.24) is 10.2 Å². The van der Waals surface area contributed by atoms with Gasteiger partial charge in [0.25, 0.3) is 0 Å². The SMILES string of the molecule is CC1CCCN(C(=O)[C@@H]2Cc3ccccc3CN2)CC1. The van der Waals surface area contributed by atoms with Gasteiger partial charge in [-0.1, -0.05) is 31.2 Å². The summed E-state index contributed by atoms with van der Waals surface area (Å²) in [7, 11) is 0. The Hall–Kier alpha value is -1.35. The Balaban J connectivity index is 1.66. The highest BCUT2D eigenvalue weighted by Crippen LogP contribution is 2.20. The fourth-order valence-corrected chi connectivity index (χ4v) is 3.33. The van der Waals surface area contributed by atoms with Crippen molar-refractivity contribution in [2.24, 2.45) is 5.92 Å². The van der Waals surface area contributed by atoms with Gasteiger partial charge in [-0.2, -0.15) is 0 Å². The minimum Gasteiger partial charge on any atom is -0.341 e. The lowest BCUT2D eigenvalue weighted by atomic mass is 9.95. The summed E-state index contributed by atoms with van der Waals surface area (Å²) in [5, 5.41) is 3.41. The number of carbonyl (C=O) groups is 1. The number of hydrogen-bond acceptors (Lipinski definition) is 2. The largest absolute Gasteiger partial charge is 0.341 e. The molecule has 20 heavy (non-hydrogen) atoms. The standard InChI is InChI=1S/C17H24N2O/c1-13-5-4-9-19(10-8-13)17(20)16-11-14-6-2-3-7-15(14)12-18-16/h2-3,6-7,13,16,18H,4-5,8-12H2,1H3/t13?,16-/m0/s1. The molecular weight excluding hydrogens is 248 g/mol. The Labute approximate surface area is 121 Å². The predicted octanol–water partition coefficient (Wildman–Crippen LogP) is 2.35. The number of hydrogen-bond donors (Lipinski definition) is 1. The molecule has 0 bridgehead atoms. The first-order valence-corrected chi connectivity index (χ1v) is 7.83. The minimum atomic E-state index is -0.0293. The van der Waals surface area contributed by atoms with Crippen LogP contribution in [0.25, 0.3) is 0 Å². The molecule has 0 aromatic heterocycles. The molecule has 0 saturated carbocycles. The summed E-state index contributed by atoms with van der Waals surface area (Å²) in [6, 6.07) is 8.41. The van der Waals surface area contributed by atoms with Gasteiger partial charge < -0.3 is 10.2 Å². The fraction of sp³-hybridized carbons (Fsp3) is 0.588. The van der Waals surface area contributed by atoms with Gasteiger partial charge >= 0.3 is 0 Å². The first kappa shape index (κ1) is 13.6. The fourth-order valence-electron chi connectivity index (χ4n) is 3.33. The van der Waals surface area contributed by atoms with Gasteiger partial charge in [0.2, 0.25) is 5.91 Å². The molecule has 2 aliphatic rings. The molecular formula is C17H24N2O. The minimum absolute atomic E-state index is 0.0293. The second-order valence-electron chi connectivity index (χ2n) is 6.27. The zero-order valence-electron chi connectivity index (χ0n) is 12.3. The normalized spacial score (nSPS) is 26.8. The highest BCUT2D eigenvalue weighted by atomic mass is 16.2. The maximum absolute atomic E-state index is 12.7. The Bertz CT molecular complexity index is 486. The summed E-state index contributed by atoms with van der Waals surface area (Å²) in [6.07, 6.45) is 4.39. The zero-order valence-corrected chi connectivity index (χ0v) is 12.3. The lowest BCUT2D eigenvalue weighted by Gasteiger charge is -2.30. The van der Waals surface area contributed by atoms with Crippen molar-refractivity contribution in [3.8, 4) is 0 Å². The summed E-state index contributed by atoms with van der Waals surface area (Å²) in [5.41, 5.74) is 2.66. The highest BCUT2D eigenvalue weighted by molar-refractivity contribution is 5.82. The maximum Gasteiger partial charge on any atom is 0.240 e. The molecule has 108 valence electrons. The van der Waals surface area contributed by atoms with Crippen LogP contribution in [0.15, 0.2) is 24.3 Å². The number of likely N-dealkylation sites (tertiary alicyclic amines) is 1. The van der Waals surface area contributed by atoms with Crippen molar-refractivity contribution in [1.29, 1.82) is 0 Å². The van der Waals surface area contributed by atoms with Crippen molar-refractivity contribution >= 4 is 5.91 Å². The second-order valence-corrected chi connectivity index (χ2v) is 6.27. The van der Waals surface area contributed by atoms with Crippen LogP contribution in [-0.4, -0.2) is 29.9 Å². The molecule has 1 aromatic rings. The first-order valence-electron chi connectivity index (χ1n) is 7.83. The summed E-state index contributed by atoms with van der Waals surface area (Å²) in [6.45, 7) is 4.97. The number of carbonyl (C=O) groups excluding carboxylic acids is 1. The van der Waals surface area contributed by atoms with E-state index < -0.39 is 0 Å². The van der Waals surface area contributed by atoms with Crippen molar-refractivity contribution in [3.05, 3.63) is 35.4 Å². The highest BCUT2D eigenvalue weighted by Gasteiger charge is 2.28. The molecule has 1 saturated heterocycles. The summed E-state index contributed by atoms with van der Waals surface area (Å²) in [4.78, 5) is 14.8. The lowest BCUT2D eigenvalue weighted by Crippen LogP contribution is -2.49. The molecule has 3 nitrogen and oxygen atoms in total. The van der Waals surface area contributed by atoms with Gasteiger partial charge in [0.05, 0.1) is 6.04 Å². The third-order valence-corrected chi connectivity index (χ3v) is 4.71. The van der Waals surface area contributed by atoms with Gasteiger partial charge in [-0.3, -0.25) is 4.79 Å². The molecule has 1 amide bonds. The van der Waals surface area contributed by atoms with Crippen molar-refractivity contribution in [2.45, 2.75) is 45.2 Å². The molecule has 0 spiro atoms. The summed E-state index contributed by atoms with van der Waals surface area (Å²) in [5.74, 6) is 1.06. The third kappa shape index (κ3) is 2.88. The van der Waals surface area contributed by atoms with E-state index >= 15 is 0 Å². The number of amides is 1. The smallest absolute Gasteiger partial charge is 0.240 e. The van der Waals surface area contributed by atoms with Crippen LogP contribution in [0, 0.1) is 5.92 Å². The molecule has 2 heterocycles. The summed E-state index contributed by atoms with van der Waals surface area (Å²) >= 11 is 0. The van der Waals surface area contributed by atoms with Crippen molar-refractivity contribution < 1.29 is 4.79 Å². The van der Waals surface area contributed by atoms with Gasteiger partial charge in [-0.25, -0.2) is 0 Å². The number of rotatable bonds is 1. The van der Waals surface area contributed by atoms with Crippen LogP contribution in [0.5, 0.6) is 0 Å². The lowest BCUT2D eigenvalue weighted by molar-refractivity contribution is -0.133. The van der Waals surface area contributed by atoms with E-state index in [2.05, 4.69) is 41.4 Å². The van der Waals surface area contributed by atoms with E-state index in [-0.39, 0.29) is 6.04 Å². The molecule has 3 heteroatoms. The van der Waals surface area contributed by atoms with Crippen LogP contribution in [0.4, 0.5) is 0 Å². The van der Waals surface area contributed by atoms with Crippen LogP contribution < -0.4 is 5.32 Å². The molecule has 0 aliphatic carbocycles. The average molecular weight is 272 g/mol. The van der Waals surface area contributed by atoms with E-state index in [1.54, 1.807) is 0 Å². The Morgan fingerprint density at radius 2 is 2.00 bits per heavy atom. The van der Waals surface area contributed by atoms with E-state index in [1.807, 2.05) is 0 Å². The van der Waals surface area contributed by atoms with E-state index in [4.69, 9.17) is 0 Å². The number of benzene rings is 1. The van der Waals surface area contributed by atoms with Crippen molar-refractivity contribution in [3.63, 3.8) is 0 Å². The predicted molar refractivity (Wildman–Crippen MR) is 80.4 cm³/mol. The first-order chi connectivity index (χ1) is 9.74. The number of nitrogens with one attached hydrogen (secondary N) is 1. The molecule has 3 rings (SSSR count). The van der Waals surface area contributed by atoms with Crippen LogP contribution in [-0.2, 0) is 17.8 Å². The van der Waals surface area contributed by atoms with Crippen LogP contribution in [0.2, 0.25) is 0 Å². The topological polar surface area (TPSA) is 32.3 Å². The van der Waals surface area contributed by atoms with Gasteiger partial charge in [0.1, 0.15) is 0 Å². The average Bonchev–Trinajstić information content (AvgIpc) is 2.71. The van der Waals surface area contributed by atoms with Gasteiger partial charge in [0, 0.05) is 19.6 Å². The van der Waals surface area contributed by atoms with Crippen LogP contribution >= 0.6 is 0 Å². The molecule has 1 unspecified atom stereocenters. The van der Waals surface area contributed by atoms with Gasteiger partial charge in [-0.15, -0.1) is 0 Å². The summed E-state index contributed by atoms with van der Waals surface area (Å²) < 4.78 is 0. The third-order valence-electron chi connectivity index (χ3n) is 4.71. The Kier molecular flexibility index (Phi) is 4.06. The van der Waals surface area contributed by atoms with Crippen molar-refractivity contribution in [2.75, 3.05) is 13.1 Å². The monoisotopic (exact) mass is 272 g/mol. The maximum atomic E-state index is 12.7. The van der Waals surface area contributed by atoms with Gasteiger partial charge in [0.15, 0.2) is 0 Å². The molecule has 2 aliphatic heterocycles.